The van der Waals surface area contributed by atoms with Gasteiger partial charge in [0.05, 0.1) is 0 Å². The van der Waals surface area contributed by atoms with E-state index in [1.807, 2.05) is 36.5 Å². The van der Waals surface area contributed by atoms with Gasteiger partial charge in [0.25, 0.3) is 5.91 Å². The molecule has 2 aromatic rings. The molecule has 1 aliphatic rings. The number of piperidine rings is 1. The summed E-state index contributed by atoms with van der Waals surface area (Å²) in [5.41, 5.74) is 2.09. The molecule has 1 amide bonds. The van der Waals surface area contributed by atoms with Gasteiger partial charge in [0, 0.05) is 44.0 Å². The van der Waals surface area contributed by atoms with Crippen LogP contribution in [0.2, 0.25) is 0 Å². The van der Waals surface area contributed by atoms with Crippen molar-refractivity contribution in [2.75, 3.05) is 13.1 Å². The maximum atomic E-state index is 12.8. The van der Waals surface area contributed by atoms with Crippen LogP contribution >= 0.6 is 0 Å². The molecule has 0 bridgehead atoms. The van der Waals surface area contributed by atoms with Gasteiger partial charge in [-0.25, -0.2) is 4.98 Å². The fraction of sp³-hybridized carbons (Fsp3) is 0.500. The summed E-state index contributed by atoms with van der Waals surface area (Å²) in [6.07, 6.45) is 7.00. The Morgan fingerprint density at radius 1 is 1.29 bits per heavy atom. The summed E-state index contributed by atoms with van der Waals surface area (Å²) >= 11 is 0. The van der Waals surface area contributed by atoms with Crippen molar-refractivity contribution in [2.45, 2.75) is 39.0 Å². The number of likely N-dealkylation sites (tertiary alicyclic amines) is 1. The monoisotopic (exact) mass is 325 g/mol. The largest absolute Gasteiger partial charge is 0.338 e. The number of aromatic nitrogens is 2. The molecule has 1 aromatic heterocycles. The van der Waals surface area contributed by atoms with Crippen LogP contribution in [0.3, 0.4) is 0 Å². The Balaban J connectivity index is 1.69. The predicted molar refractivity (Wildman–Crippen MR) is 96.1 cm³/mol. The Kier molecular flexibility index (Phi) is 5.03. The van der Waals surface area contributed by atoms with Crippen LogP contribution in [-0.2, 0) is 13.5 Å². The quantitative estimate of drug-likeness (QED) is 0.861. The lowest BCUT2D eigenvalue weighted by Gasteiger charge is -2.32. The van der Waals surface area contributed by atoms with Crippen LogP contribution in [0.1, 0.15) is 54.4 Å². The van der Waals surface area contributed by atoms with Gasteiger partial charge in [-0.2, -0.15) is 0 Å². The van der Waals surface area contributed by atoms with E-state index in [2.05, 4.69) is 35.5 Å². The number of hydrogen-bond donors (Lipinski definition) is 0. The first-order chi connectivity index (χ1) is 11.5. The van der Waals surface area contributed by atoms with Gasteiger partial charge in [-0.15, -0.1) is 0 Å². The molecule has 0 spiro atoms. The molecule has 2 heterocycles. The highest BCUT2D eigenvalue weighted by molar-refractivity contribution is 5.94. The van der Waals surface area contributed by atoms with Gasteiger partial charge in [0.1, 0.15) is 5.82 Å². The van der Waals surface area contributed by atoms with Crippen molar-refractivity contribution in [1.82, 2.24) is 14.5 Å². The summed E-state index contributed by atoms with van der Waals surface area (Å²) < 4.78 is 2.07. The van der Waals surface area contributed by atoms with Crippen LogP contribution in [0.5, 0.6) is 0 Å². The summed E-state index contributed by atoms with van der Waals surface area (Å²) in [6, 6.07) is 8.13. The number of nitrogens with zero attached hydrogens (tertiary/aromatic N) is 3. The van der Waals surface area contributed by atoms with Crippen molar-refractivity contribution in [1.29, 1.82) is 0 Å². The molecule has 1 aromatic carbocycles. The standard InChI is InChI=1S/C20H27N3O/c1-15(2)13-16-6-8-17(9-7-16)20(24)23-11-4-5-18(14-23)19-21-10-12-22(19)3/h6-10,12,15,18H,4-5,11,13-14H2,1-3H3. The summed E-state index contributed by atoms with van der Waals surface area (Å²) in [6.45, 7) is 6.03. The molecule has 1 unspecified atom stereocenters. The smallest absolute Gasteiger partial charge is 0.253 e. The number of carbonyl (C=O) groups excluding carboxylic acids is 1. The van der Waals surface area contributed by atoms with Crippen molar-refractivity contribution < 1.29 is 4.79 Å². The molecule has 0 radical (unpaired) electrons. The first-order valence-corrected chi connectivity index (χ1v) is 8.90. The van der Waals surface area contributed by atoms with Gasteiger partial charge < -0.3 is 9.47 Å². The summed E-state index contributed by atoms with van der Waals surface area (Å²) in [7, 11) is 2.02. The highest BCUT2D eigenvalue weighted by Crippen LogP contribution is 2.26. The second-order valence-electron chi connectivity index (χ2n) is 7.28. The lowest BCUT2D eigenvalue weighted by molar-refractivity contribution is 0.0703. The maximum Gasteiger partial charge on any atom is 0.253 e. The van der Waals surface area contributed by atoms with E-state index >= 15 is 0 Å². The number of rotatable bonds is 4. The van der Waals surface area contributed by atoms with E-state index in [-0.39, 0.29) is 5.91 Å². The topological polar surface area (TPSA) is 38.1 Å². The van der Waals surface area contributed by atoms with Gasteiger partial charge in [-0.1, -0.05) is 26.0 Å². The Morgan fingerprint density at radius 3 is 2.67 bits per heavy atom. The number of imidazole rings is 1. The molecule has 0 N–H and O–H groups in total. The first-order valence-electron chi connectivity index (χ1n) is 8.90. The van der Waals surface area contributed by atoms with Crippen LogP contribution in [0.15, 0.2) is 36.7 Å². The van der Waals surface area contributed by atoms with Crippen molar-refractivity contribution in [3.8, 4) is 0 Å². The van der Waals surface area contributed by atoms with Gasteiger partial charge in [0.2, 0.25) is 0 Å². The van der Waals surface area contributed by atoms with E-state index in [9.17, 15) is 4.79 Å². The Morgan fingerprint density at radius 2 is 2.04 bits per heavy atom. The van der Waals surface area contributed by atoms with E-state index in [0.717, 1.165) is 43.7 Å². The van der Waals surface area contributed by atoms with Gasteiger partial charge in [-0.3, -0.25) is 4.79 Å². The number of amides is 1. The molecule has 4 heteroatoms. The molecule has 1 atom stereocenters. The summed E-state index contributed by atoms with van der Waals surface area (Å²) in [5.74, 6) is 2.19. The van der Waals surface area contributed by atoms with Crippen LogP contribution < -0.4 is 0 Å². The average molecular weight is 325 g/mol. The number of benzene rings is 1. The number of aryl methyl sites for hydroxylation is 1. The van der Waals surface area contributed by atoms with E-state index in [0.29, 0.717) is 11.8 Å². The lowest BCUT2D eigenvalue weighted by atomic mass is 9.96. The van der Waals surface area contributed by atoms with Gasteiger partial charge in [-0.05, 0) is 42.9 Å². The van der Waals surface area contributed by atoms with E-state index in [1.165, 1.54) is 5.56 Å². The molecule has 1 fully saturated rings. The Labute approximate surface area is 144 Å². The second-order valence-corrected chi connectivity index (χ2v) is 7.28. The molecular weight excluding hydrogens is 298 g/mol. The zero-order chi connectivity index (χ0) is 17.1. The summed E-state index contributed by atoms with van der Waals surface area (Å²) in [4.78, 5) is 19.3. The van der Waals surface area contributed by atoms with Crippen molar-refractivity contribution >= 4 is 5.91 Å². The highest BCUT2D eigenvalue weighted by atomic mass is 16.2. The van der Waals surface area contributed by atoms with E-state index < -0.39 is 0 Å². The molecule has 3 rings (SSSR count). The highest BCUT2D eigenvalue weighted by Gasteiger charge is 2.27. The fourth-order valence-corrected chi connectivity index (χ4v) is 3.58. The van der Waals surface area contributed by atoms with Crippen LogP contribution in [0, 0.1) is 5.92 Å². The third kappa shape index (κ3) is 3.69. The predicted octanol–water partition coefficient (Wildman–Crippen LogP) is 3.64. The Hall–Kier alpha value is -2.10. The van der Waals surface area contributed by atoms with E-state index in [1.54, 1.807) is 0 Å². The van der Waals surface area contributed by atoms with Crippen LogP contribution in [0.25, 0.3) is 0 Å². The minimum absolute atomic E-state index is 0.144. The number of hydrogen-bond acceptors (Lipinski definition) is 2. The maximum absolute atomic E-state index is 12.8. The SMILES string of the molecule is CC(C)Cc1ccc(C(=O)N2CCCC(c3nccn3C)C2)cc1. The minimum atomic E-state index is 0.144. The van der Waals surface area contributed by atoms with Crippen molar-refractivity contribution in [3.05, 3.63) is 53.6 Å². The van der Waals surface area contributed by atoms with Crippen LogP contribution in [-0.4, -0.2) is 33.4 Å². The van der Waals surface area contributed by atoms with Crippen molar-refractivity contribution in [2.24, 2.45) is 13.0 Å². The lowest BCUT2D eigenvalue weighted by Crippen LogP contribution is -2.39. The van der Waals surface area contributed by atoms with E-state index in [4.69, 9.17) is 0 Å². The average Bonchev–Trinajstić information content (AvgIpc) is 3.00. The zero-order valence-electron chi connectivity index (χ0n) is 14.9. The summed E-state index contributed by atoms with van der Waals surface area (Å²) in [5, 5.41) is 0. The molecule has 0 saturated carbocycles. The molecule has 24 heavy (non-hydrogen) atoms. The van der Waals surface area contributed by atoms with Gasteiger partial charge >= 0.3 is 0 Å². The van der Waals surface area contributed by atoms with Crippen molar-refractivity contribution in [3.63, 3.8) is 0 Å². The van der Waals surface area contributed by atoms with Gasteiger partial charge in [0.15, 0.2) is 0 Å². The Bertz CT molecular complexity index is 687. The normalized spacial score (nSPS) is 18.2. The molecule has 1 saturated heterocycles. The molecule has 4 nitrogen and oxygen atoms in total. The molecule has 1 aliphatic heterocycles. The van der Waals surface area contributed by atoms with Crippen LogP contribution in [0.4, 0.5) is 0 Å². The molecule has 128 valence electrons. The fourth-order valence-electron chi connectivity index (χ4n) is 3.58. The zero-order valence-corrected chi connectivity index (χ0v) is 14.9. The minimum Gasteiger partial charge on any atom is -0.338 e. The molecule has 0 aliphatic carbocycles. The third-order valence-electron chi connectivity index (χ3n) is 4.78. The third-order valence-corrected chi connectivity index (χ3v) is 4.78. The second kappa shape index (κ2) is 7.20. The first kappa shape index (κ1) is 16.7. The molecular formula is C20H27N3O. The number of carbonyl (C=O) groups is 1.